The van der Waals surface area contributed by atoms with E-state index in [1.165, 1.54) is 5.56 Å². The average Bonchev–Trinajstić information content (AvgIpc) is 2.43. The summed E-state index contributed by atoms with van der Waals surface area (Å²) in [5, 5.41) is 3.40. The predicted molar refractivity (Wildman–Crippen MR) is 93.6 cm³/mol. The van der Waals surface area contributed by atoms with Gasteiger partial charge in [0.1, 0.15) is 0 Å². The van der Waals surface area contributed by atoms with Gasteiger partial charge in [0.15, 0.2) is 0 Å². The second-order valence-corrected chi connectivity index (χ2v) is 7.07. The smallest absolute Gasteiger partial charge is 0.410 e. The van der Waals surface area contributed by atoms with E-state index in [9.17, 15) is 4.79 Å². The summed E-state index contributed by atoms with van der Waals surface area (Å²) in [6.45, 7) is 12.1. The molecule has 0 unspecified atom stereocenters. The second-order valence-electron chi connectivity index (χ2n) is 7.07. The molecular formula is C18H29N3O2. The molecule has 1 aliphatic rings. The van der Waals surface area contributed by atoms with Gasteiger partial charge in [-0.1, -0.05) is 6.07 Å². The van der Waals surface area contributed by atoms with Crippen LogP contribution in [-0.4, -0.2) is 42.3 Å². The largest absolute Gasteiger partial charge is 0.447 e. The van der Waals surface area contributed by atoms with Gasteiger partial charge < -0.3 is 15.8 Å². The Bertz CT molecular complexity index is 586. The van der Waals surface area contributed by atoms with Crippen LogP contribution in [0.4, 0.5) is 10.5 Å². The molecule has 5 heteroatoms. The number of hydrogen-bond donors (Lipinski definition) is 2. The molecule has 1 fully saturated rings. The first-order valence-electron chi connectivity index (χ1n) is 8.27. The standard InChI is InChI=1S/C18H29N3O2/c1-12(2)23-17(22)21-7-6-20-11-18(21,5)10-15-8-13(3)9-16(19)14(15)4/h8-9,12,20H,6-7,10-11,19H2,1-5H3/t18-/m0/s1. The van der Waals surface area contributed by atoms with Crippen molar-refractivity contribution in [3.8, 4) is 0 Å². The minimum atomic E-state index is -0.324. The molecule has 1 saturated heterocycles. The summed E-state index contributed by atoms with van der Waals surface area (Å²) in [6, 6.07) is 4.16. The summed E-state index contributed by atoms with van der Waals surface area (Å²) in [7, 11) is 0. The first-order valence-corrected chi connectivity index (χ1v) is 8.27. The molecule has 1 amide bonds. The molecule has 128 valence electrons. The van der Waals surface area contributed by atoms with Gasteiger partial charge in [0.05, 0.1) is 11.6 Å². The number of nitrogens with zero attached hydrogens (tertiary/aromatic N) is 1. The van der Waals surface area contributed by atoms with E-state index in [1.807, 2.05) is 38.7 Å². The minimum absolute atomic E-state index is 0.113. The molecule has 1 aliphatic heterocycles. The van der Waals surface area contributed by atoms with Crippen molar-refractivity contribution in [1.29, 1.82) is 0 Å². The molecule has 0 aliphatic carbocycles. The number of rotatable bonds is 3. The number of carbonyl (C=O) groups is 1. The lowest BCUT2D eigenvalue weighted by Gasteiger charge is -2.45. The first-order chi connectivity index (χ1) is 10.7. The van der Waals surface area contributed by atoms with E-state index >= 15 is 0 Å². The molecule has 23 heavy (non-hydrogen) atoms. The fraction of sp³-hybridized carbons (Fsp3) is 0.611. The third-order valence-corrected chi connectivity index (χ3v) is 4.50. The van der Waals surface area contributed by atoms with Crippen LogP contribution in [-0.2, 0) is 11.2 Å². The summed E-state index contributed by atoms with van der Waals surface area (Å²) < 4.78 is 5.44. The maximum Gasteiger partial charge on any atom is 0.410 e. The SMILES string of the molecule is Cc1cc(N)c(C)c(C[C@@]2(C)CNCCN2C(=O)OC(C)C)c1. The highest BCUT2D eigenvalue weighted by molar-refractivity contribution is 5.69. The van der Waals surface area contributed by atoms with E-state index in [1.54, 1.807) is 0 Å². The highest BCUT2D eigenvalue weighted by atomic mass is 16.6. The Kier molecular flexibility index (Phi) is 5.19. The van der Waals surface area contributed by atoms with Gasteiger partial charge in [-0.3, -0.25) is 4.90 Å². The van der Waals surface area contributed by atoms with Gasteiger partial charge in [-0.25, -0.2) is 4.79 Å². The number of carbonyl (C=O) groups excluding carboxylic acids is 1. The Morgan fingerprint density at radius 1 is 1.43 bits per heavy atom. The summed E-state index contributed by atoms with van der Waals surface area (Å²) in [4.78, 5) is 14.3. The zero-order chi connectivity index (χ0) is 17.2. The quantitative estimate of drug-likeness (QED) is 0.841. The number of anilines is 1. The lowest BCUT2D eigenvalue weighted by atomic mass is 9.86. The monoisotopic (exact) mass is 319 g/mol. The van der Waals surface area contributed by atoms with Crippen LogP contribution in [0, 0.1) is 13.8 Å². The third-order valence-electron chi connectivity index (χ3n) is 4.50. The van der Waals surface area contributed by atoms with Crippen LogP contribution in [0.25, 0.3) is 0 Å². The van der Waals surface area contributed by atoms with E-state index in [-0.39, 0.29) is 17.7 Å². The van der Waals surface area contributed by atoms with Gasteiger partial charge in [0.2, 0.25) is 0 Å². The zero-order valence-electron chi connectivity index (χ0n) is 14.9. The molecule has 0 bridgehead atoms. The van der Waals surface area contributed by atoms with Gasteiger partial charge in [0, 0.05) is 25.3 Å². The summed E-state index contributed by atoms with van der Waals surface area (Å²) >= 11 is 0. The van der Waals surface area contributed by atoms with Crippen molar-refractivity contribution >= 4 is 11.8 Å². The lowest BCUT2D eigenvalue weighted by molar-refractivity contribution is 0.0272. The molecule has 1 atom stereocenters. The summed E-state index contributed by atoms with van der Waals surface area (Å²) in [5.74, 6) is 0. The molecular weight excluding hydrogens is 290 g/mol. The Hall–Kier alpha value is -1.75. The van der Waals surface area contributed by atoms with Gasteiger partial charge >= 0.3 is 6.09 Å². The molecule has 1 aromatic carbocycles. The molecule has 0 aromatic heterocycles. The molecule has 0 radical (unpaired) electrons. The van der Waals surface area contributed by atoms with Crippen molar-refractivity contribution in [2.75, 3.05) is 25.4 Å². The molecule has 0 saturated carbocycles. The average molecular weight is 319 g/mol. The Balaban J connectivity index is 2.28. The fourth-order valence-corrected chi connectivity index (χ4v) is 3.21. The fourth-order valence-electron chi connectivity index (χ4n) is 3.21. The number of piperazine rings is 1. The van der Waals surface area contributed by atoms with E-state index in [0.717, 1.165) is 36.3 Å². The second kappa shape index (κ2) is 6.79. The van der Waals surface area contributed by atoms with Crippen molar-refractivity contribution in [3.63, 3.8) is 0 Å². The maximum atomic E-state index is 12.5. The number of aryl methyl sites for hydroxylation is 1. The number of benzene rings is 1. The Labute approximate surface area is 139 Å². The van der Waals surface area contributed by atoms with Crippen LogP contribution >= 0.6 is 0 Å². The minimum Gasteiger partial charge on any atom is -0.447 e. The van der Waals surface area contributed by atoms with Crippen molar-refractivity contribution in [2.24, 2.45) is 0 Å². The molecule has 1 aromatic rings. The highest BCUT2D eigenvalue weighted by Crippen LogP contribution is 2.28. The Morgan fingerprint density at radius 2 is 2.13 bits per heavy atom. The van der Waals surface area contributed by atoms with Crippen molar-refractivity contribution < 1.29 is 9.53 Å². The van der Waals surface area contributed by atoms with Crippen molar-refractivity contribution in [1.82, 2.24) is 10.2 Å². The van der Waals surface area contributed by atoms with Crippen molar-refractivity contribution in [2.45, 2.75) is 52.7 Å². The van der Waals surface area contributed by atoms with Crippen LogP contribution in [0.3, 0.4) is 0 Å². The van der Waals surface area contributed by atoms with Crippen molar-refractivity contribution in [3.05, 3.63) is 28.8 Å². The van der Waals surface area contributed by atoms with Gasteiger partial charge in [0.25, 0.3) is 0 Å². The van der Waals surface area contributed by atoms with Gasteiger partial charge in [-0.2, -0.15) is 0 Å². The molecule has 3 N–H and O–H groups in total. The predicted octanol–water partition coefficient (Wildman–Crippen LogP) is 2.64. The van der Waals surface area contributed by atoms with E-state index in [0.29, 0.717) is 6.54 Å². The number of ether oxygens (including phenoxy) is 1. The maximum absolute atomic E-state index is 12.5. The number of nitrogens with one attached hydrogen (secondary N) is 1. The van der Waals surface area contributed by atoms with Crippen LogP contribution in [0.5, 0.6) is 0 Å². The number of nitrogen functional groups attached to an aromatic ring is 1. The molecule has 0 spiro atoms. The lowest BCUT2D eigenvalue weighted by Crippen LogP contribution is -2.62. The van der Waals surface area contributed by atoms with E-state index < -0.39 is 0 Å². The topological polar surface area (TPSA) is 67.6 Å². The third kappa shape index (κ3) is 3.96. The van der Waals surface area contributed by atoms with E-state index in [2.05, 4.69) is 18.3 Å². The van der Waals surface area contributed by atoms with Crippen LogP contribution in [0.2, 0.25) is 0 Å². The highest BCUT2D eigenvalue weighted by Gasteiger charge is 2.39. The number of nitrogens with two attached hydrogens (primary N) is 1. The Morgan fingerprint density at radius 3 is 2.78 bits per heavy atom. The molecule has 2 rings (SSSR count). The first kappa shape index (κ1) is 17.6. The zero-order valence-corrected chi connectivity index (χ0v) is 14.9. The summed E-state index contributed by atoms with van der Waals surface area (Å²) in [5.41, 5.74) is 10.0. The van der Waals surface area contributed by atoms with Gasteiger partial charge in [-0.05, 0) is 63.8 Å². The van der Waals surface area contributed by atoms with Crippen LogP contribution in [0.15, 0.2) is 12.1 Å². The normalized spacial score (nSPS) is 21.6. The van der Waals surface area contributed by atoms with E-state index in [4.69, 9.17) is 10.5 Å². The molecule has 1 heterocycles. The molecule has 5 nitrogen and oxygen atoms in total. The van der Waals surface area contributed by atoms with Crippen LogP contribution < -0.4 is 11.1 Å². The number of amides is 1. The number of hydrogen-bond acceptors (Lipinski definition) is 4. The van der Waals surface area contributed by atoms with Gasteiger partial charge in [-0.15, -0.1) is 0 Å². The summed E-state index contributed by atoms with van der Waals surface area (Å²) in [6.07, 6.45) is 0.408. The van der Waals surface area contributed by atoms with Crippen LogP contribution in [0.1, 0.15) is 37.5 Å².